The molecule has 1 aliphatic heterocycles. The van der Waals surface area contributed by atoms with Crippen molar-refractivity contribution in [2.45, 2.75) is 26.3 Å². The van der Waals surface area contributed by atoms with Gasteiger partial charge in [0.15, 0.2) is 11.6 Å². The number of piperidine rings is 1. The second kappa shape index (κ2) is 9.52. The van der Waals surface area contributed by atoms with Gasteiger partial charge in [-0.25, -0.2) is 4.39 Å². The number of halogens is 1. The third kappa shape index (κ3) is 5.42. The van der Waals surface area contributed by atoms with Crippen LogP contribution in [0.3, 0.4) is 0 Å². The van der Waals surface area contributed by atoms with Gasteiger partial charge in [0.25, 0.3) is 0 Å². The number of nitrogens with zero attached hydrogens (tertiary/aromatic N) is 2. The predicted octanol–water partition coefficient (Wildman–Crippen LogP) is 2.07. The van der Waals surface area contributed by atoms with Gasteiger partial charge in [-0.2, -0.15) is 0 Å². The van der Waals surface area contributed by atoms with E-state index in [2.05, 4.69) is 0 Å². The van der Waals surface area contributed by atoms with E-state index in [0.717, 1.165) is 18.4 Å². The molecule has 1 saturated heterocycles. The van der Waals surface area contributed by atoms with Gasteiger partial charge in [-0.05, 0) is 44.5 Å². The van der Waals surface area contributed by atoms with Crippen molar-refractivity contribution < 1.29 is 23.5 Å². The Morgan fingerprint density at radius 3 is 2.81 bits per heavy atom. The molecule has 1 unspecified atom stereocenters. The Kier molecular flexibility index (Phi) is 7.38. The number of rotatable bonds is 7. The summed E-state index contributed by atoms with van der Waals surface area (Å²) in [7, 11) is 3.23. The first-order valence-corrected chi connectivity index (χ1v) is 8.90. The van der Waals surface area contributed by atoms with Gasteiger partial charge in [-0.15, -0.1) is 0 Å². The van der Waals surface area contributed by atoms with E-state index in [9.17, 15) is 14.0 Å². The molecular formula is C19H27FN2O4. The molecule has 1 aromatic rings. The average Bonchev–Trinajstić information content (AvgIpc) is 2.62. The van der Waals surface area contributed by atoms with Gasteiger partial charge >= 0.3 is 5.97 Å². The summed E-state index contributed by atoms with van der Waals surface area (Å²) in [5.41, 5.74) is 0.765. The maximum atomic E-state index is 13.8. The van der Waals surface area contributed by atoms with Crippen LogP contribution in [0.5, 0.6) is 5.75 Å². The molecule has 0 saturated carbocycles. The molecular weight excluding hydrogens is 339 g/mol. The first-order chi connectivity index (χ1) is 12.4. The van der Waals surface area contributed by atoms with Crippen LogP contribution >= 0.6 is 0 Å². The van der Waals surface area contributed by atoms with Gasteiger partial charge in [0.1, 0.15) is 0 Å². The number of likely N-dealkylation sites (N-methyl/N-ethyl adjacent to an activating group) is 1. The van der Waals surface area contributed by atoms with Gasteiger partial charge in [-0.3, -0.25) is 14.5 Å². The lowest BCUT2D eigenvalue weighted by Crippen LogP contribution is -2.46. The number of ether oxygens (including phenoxy) is 2. The van der Waals surface area contributed by atoms with E-state index in [0.29, 0.717) is 26.2 Å². The van der Waals surface area contributed by atoms with E-state index >= 15 is 0 Å². The first kappa shape index (κ1) is 20.2. The lowest BCUT2D eigenvalue weighted by Gasteiger charge is -2.32. The molecule has 1 amide bonds. The SMILES string of the molecule is CCOC(=O)C1CCCN(C(=O)CN(C)Cc2ccc(OC)c(F)c2)C1. The highest BCUT2D eigenvalue weighted by atomic mass is 19.1. The summed E-state index contributed by atoms with van der Waals surface area (Å²) in [4.78, 5) is 28.0. The molecule has 1 aromatic carbocycles. The van der Waals surface area contributed by atoms with Crippen molar-refractivity contribution in [3.05, 3.63) is 29.6 Å². The largest absolute Gasteiger partial charge is 0.494 e. The van der Waals surface area contributed by atoms with Gasteiger partial charge in [0, 0.05) is 19.6 Å². The standard InChI is InChI=1S/C19H27FN2O4/c1-4-26-19(24)15-6-5-9-22(12-15)18(23)13-21(2)11-14-7-8-17(25-3)16(20)10-14/h7-8,10,15H,4-6,9,11-13H2,1-3H3. The molecule has 144 valence electrons. The molecule has 1 heterocycles. The van der Waals surface area contributed by atoms with Crippen LogP contribution in [0.15, 0.2) is 18.2 Å². The quantitative estimate of drug-likeness (QED) is 0.692. The molecule has 1 fully saturated rings. The smallest absolute Gasteiger partial charge is 0.310 e. The number of amides is 1. The monoisotopic (exact) mass is 366 g/mol. The summed E-state index contributed by atoms with van der Waals surface area (Å²) in [5.74, 6) is -0.722. The third-order valence-electron chi connectivity index (χ3n) is 4.47. The number of likely N-dealkylation sites (tertiary alicyclic amines) is 1. The van der Waals surface area contributed by atoms with Gasteiger partial charge < -0.3 is 14.4 Å². The van der Waals surface area contributed by atoms with E-state index < -0.39 is 5.82 Å². The number of esters is 1. The molecule has 0 aliphatic carbocycles. The number of benzene rings is 1. The van der Waals surface area contributed by atoms with E-state index in [-0.39, 0.29) is 30.1 Å². The van der Waals surface area contributed by atoms with Crippen LogP contribution in [-0.2, 0) is 20.9 Å². The van der Waals surface area contributed by atoms with E-state index in [1.807, 2.05) is 11.9 Å². The molecule has 0 N–H and O–H groups in total. The molecule has 0 aromatic heterocycles. The minimum atomic E-state index is -0.418. The lowest BCUT2D eigenvalue weighted by atomic mass is 9.98. The number of carbonyl (C=O) groups is 2. The lowest BCUT2D eigenvalue weighted by molar-refractivity contribution is -0.151. The Balaban J connectivity index is 1.88. The maximum Gasteiger partial charge on any atom is 0.310 e. The number of carbonyl (C=O) groups excluding carboxylic acids is 2. The fourth-order valence-corrected chi connectivity index (χ4v) is 3.16. The molecule has 2 rings (SSSR count). The van der Waals surface area contributed by atoms with Crippen molar-refractivity contribution in [1.82, 2.24) is 9.80 Å². The van der Waals surface area contributed by atoms with Crippen LogP contribution in [0.1, 0.15) is 25.3 Å². The number of hydrogen-bond donors (Lipinski definition) is 0. The molecule has 1 aliphatic rings. The van der Waals surface area contributed by atoms with Crippen LogP contribution in [0.2, 0.25) is 0 Å². The summed E-state index contributed by atoms with van der Waals surface area (Å²) >= 11 is 0. The van der Waals surface area contributed by atoms with Crippen molar-refractivity contribution >= 4 is 11.9 Å². The molecule has 0 radical (unpaired) electrons. The topological polar surface area (TPSA) is 59.1 Å². The fourth-order valence-electron chi connectivity index (χ4n) is 3.16. The van der Waals surface area contributed by atoms with Crippen molar-refractivity contribution in [3.8, 4) is 5.75 Å². The van der Waals surface area contributed by atoms with Crippen LogP contribution in [0.25, 0.3) is 0 Å². The van der Waals surface area contributed by atoms with E-state index in [4.69, 9.17) is 9.47 Å². The average molecular weight is 366 g/mol. The van der Waals surface area contributed by atoms with Gasteiger partial charge in [0.05, 0.1) is 26.2 Å². The van der Waals surface area contributed by atoms with Crippen molar-refractivity contribution in [1.29, 1.82) is 0 Å². The summed E-state index contributed by atoms with van der Waals surface area (Å²) in [6.07, 6.45) is 1.55. The number of methoxy groups -OCH3 is 1. The van der Waals surface area contributed by atoms with Gasteiger partial charge in [-0.1, -0.05) is 6.07 Å². The van der Waals surface area contributed by atoms with Crippen LogP contribution in [0.4, 0.5) is 4.39 Å². The molecule has 1 atom stereocenters. The summed E-state index contributed by atoms with van der Waals surface area (Å²) in [6.45, 7) is 3.85. The fraction of sp³-hybridized carbons (Fsp3) is 0.579. The molecule has 7 heteroatoms. The zero-order valence-electron chi connectivity index (χ0n) is 15.7. The minimum absolute atomic E-state index is 0.0320. The maximum absolute atomic E-state index is 13.8. The Morgan fingerprint density at radius 1 is 1.38 bits per heavy atom. The van der Waals surface area contributed by atoms with E-state index in [1.165, 1.54) is 13.2 Å². The predicted molar refractivity (Wildman–Crippen MR) is 95.2 cm³/mol. The second-order valence-corrected chi connectivity index (χ2v) is 6.57. The van der Waals surface area contributed by atoms with Crippen molar-refractivity contribution in [2.24, 2.45) is 5.92 Å². The highest BCUT2D eigenvalue weighted by molar-refractivity contribution is 5.80. The van der Waals surface area contributed by atoms with E-state index in [1.54, 1.807) is 24.0 Å². The molecule has 0 bridgehead atoms. The number of hydrogen-bond acceptors (Lipinski definition) is 5. The molecule has 6 nitrogen and oxygen atoms in total. The zero-order chi connectivity index (χ0) is 19.1. The van der Waals surface area contributed by atoms with Crippen molar-refractivity contribution in [2.75, 3.05) is 40.4 Å². The minimum Gasteiger partial charge on any atom is -0.494 e. The molecule has 26 heavy (non-hydrogen) atoms. The second-order valence-electron chi connectivity index (χ2n) is 6.57. The van der Waals surface area contributed by atoms with Crippen LogP contribution in [0, 0.1) is 11.7 Å². The highest BCUT2D eigenvalue weighted by Crippen LogP contribution is 2.20. The van der Waals surface area contributed by atoms with Crippen LogP contribution < -0.4 is 4.74 Å². The Labute approximate surface area is 153 Å². The Hall–Kier alpha value is -2.15. The summed E-state index contributed by atoms with van der Waals surface area (Å²) < 4.78 is 23.7. The summed E-state index contributed by atoms with van der Waals surface area (Å²) in [6, 6.07) is 4.77. The van der Waals surface area contributed by atoms with Gasteiger partial charge in [0.2, 0.25) is 5.91 Å². The van der Waals surface area contributed by atoms with Crippen LogP contribution in [-0.4, -0.2) is 62.1 Å². The summed E-state index contributed by atoms with van der Waals surface area (Å²) in [5, 5.41) is 0. The highest BCUT2D eigenvalue weighted by Gasteiger charge is 2.29. The third-order valence-corrected chi connectivity index (χ3v) is 4.47. The normalized spacial score (nSPS) is 17.3. The zero-order valence-corrected chi connectivity index (χ0v) is 15.7. The van der Waals surface area contributed by atoms with Crippen molar-refractivity contribution in [3.63, 3.8) is 0 Å². The Bertz CT molecular complexity index is 638. The first-order valence-electron chi connectivity index (χ1n) is 8.90. The molecule has 0 spiro atoms. The Morgan fingerprint density at radius 2 is 2.15 bits per heavy atom.